The maximum absolute atomic E-state index is 5.33. The van der Waals surface area contributed by atoms with Crippen molar-refractivity contribution in [3.63, 3.8) is 0 Å². The van der Waals surface area contributed by atoms with Gasteiger partial charge in [0.25, 0.3) is 0 Å². The molecule has 502 valence electrons. The first-order chi connectivity index (χ1) is 44.3. The quantitative estimate of drug-likeness (QED) is 0.153. The van der Waals surface area contributed by atoms with Crippen molar-refractivity contribution in [2.75, 3.05) is 0 Å². The van der Waals surface area contributed by atoms with Crippen molar-refractivity contribution < 1.29 is 0 Å². The minimum atomic E-state index is 0.0129. The molecule has 0 spiro atoms. The second-order valence-corrected chi connectivity index (χ2v) is 30.1. The van der Waals surface area contributed by atoms with E-state index in [0.29, 0.717) is 28.7 Å². The highest BCUT2D eigenvalue weighted by molar-refractivity contribution is 5.43. The molecule has 0 radical (unpaired) electrons. The number of rotatable bonds is 3. The van der Waals surface area contributed by atoms with Crippen LogP contribution in [0.15, 0.2) is 136 Å². The Morgan fingerprint density at radius 1 is 0.323 bits per heavy atom. The molecule has 0 saturated carbocycles. The Balaban J connectivity index is 0.000000549. The maximum atomic E-state index is 5.33. The van der Waals surface area contributed by atoms with Crippen molar-refractivity contribution >= 4 is 18.2 Å². The molecule has 0 atom stereocenters. The van der Waals surface area contributed by atoms with Crippen LogP contribution in [-0.4, -0.2) is 64.8 Å². The SMILES string of the molecule is C#Cc1cc(C(C)(C)C)ccn1.C#Cc1cc(C(C)(C)C)ncn1.C#Cc1cccc(C(C)(C)C)n1.C#Cc1nccc(C(C)(C)C)n1.C#Cc1ncccc1C(C)(C)C.C=Cc1cc(C(C)(C)C)ncn1.C=Cc1ccnc(C(C)(C)C)n1.C=Cc1nccc(C(C)(C)C)n1. The molecule has 8 rings (SSSR count). The second kappa shape index (κ2) is 37.7. The van der Waals surface area contributed by atoms with Gasteiger partial charge in [-0.1, -0.05) is 216 Å². The van der Waals surface area contributed by atoms with Gasteiger partial charge in [0.2, 0.25) is 5.82 Å². The van der Waals surface area contributed by atoms with Crippen LogP contribution < -0.4 is 0 Å². The van der Waals surface area contributed by atoms with Crippen molar-refractivity contribution in [2.24, 2.45) is 0 Å². The molecule has 13 heteroatoms. The predicted octanol–water partition coefficient (Wildman–Crippen LogP) is 17.8. The monoisotopic (exact) mass is 1280 g/mol. The summed E-state index contributed by atoms with van der Waals surface area (Å²) < 4.78 is 0. The Bertz CT molecular complexity index is 3570. The fraction of sp³-hybridized carbons (Fsp3) is 0.386. The Morgan fingerprint density at radius 3 is 1.28 bits per heavy atom. The summed E-state index contributed by atoms with van der Waals surface area (Å²) in [7, 11) is 0. The van der Waals surface area contributed by atoms with Gasteiger partial charge in [0, 0.05) is 80.6 Å². The standard InChI is InChI=1S/3C11H13N.C10H14N2.C10H12N2.C10H14N2.C10H12N2.C10H14N2/c1-5-10-8-9(6-7-12-10)11(2,3)4;1-5-10-9(11(2,3)4)7-6-8-12-10;1-5-9-7-6-8-10(12-9)11(2,3)4;2*1-5-8-6-9(10(2,3)4)12-7-11-8;2*1-5-9-11-7-6-8(12-9)10(2,3)4;1-5-8-6-7-11-9(12-8)10(2,3)4/h3*1,6-8H,2-4H3;5-7H,1H2,2-4H3;1,6-7H,2-4H3;5-7H,1H2,2-4H3;1,6-7H,2-4H3;5-7H,1H2,2-4H3. The van der Waals surface area contributed by atoms with E-state index in [9.17, 15) is 0 Å². The largest absolute Gasteiger partial charge is 0.248 e. The topological polar surface area (TPSA) is 168 Å². The van der Waals surface area contributed by atoms with Crippen LogP contribution in [0.5, 0.6) is 0 Å². The smallest absolute Gasteiger partial charge is 0.204 e. The van der Waals surface area contributed by atoms with Crippen molar-refractivity contribution in [2.45, 2.75) is 209 Å². The number of aromatic nitrogens is 13. The van der Waals surface area contributed by atoms with Gasteiger partial charge in [0.1, 0.15) is 41.3 Å². The minimum absolute atomic E-state index is 0.0129. The van der Waals surface area contributed by atoms with Crippen molar-refractivity contribution in [3.05, 3.63) is 227 Å². The fourth-order valence-electron chi connectivity index (χ4n) is 7.36. The van der Waals surface area contributed by atoms with Crippen LogP contribution in [0.25, 0.3) is 18.2 Å². The van der Waals surface area contributed by atoms with Gasteiger partial charge in [0.15, 0.2) is 5.82 Å². The Labute approximate surface area is 578 Å². The zero-order valence-electron chi connectivity index (χ0n) is 62.0. The van der Waals surface area contributed by atoms with E-state index in [1.54, 1.807) is 55.5 Å². The third-order valence-corrected chi connectivity index (χ3v) is 13.2. The summed E-state index contributed by atoms with van der Waals surface area (Å²) in [5.41, 5.74) is 12.6. The third-order valence-electron chi connectivity index (χ3n) is 13.2. The Morgan fingerprint density at radius 2 is 0.812 bits per heavy atom. The predicted molar refractivity (Wildman–Crippen MR) is 402 cm³/mol. The van der Waals surface area contributed by atoms with Gasteiger partial charge in [-0.15, -0.1) is 32.1 Å². The highest BCUT2D eigenvalue weighted by atomic mass is 14.9. The number of terminal acetylenes is 5. The molecule has 8 aromatic rings. The molecule has 8 heterocycles. The Kier molecular flexibility index (Phi) is 32.9. The van der Waals surface area contributed by atoms with Crippen molar-refractivity contribution in [1.82, 2.24) is 64.8 Å². The van der Waals surface area contributed by atoms with E-state index >= 15 is 0 Å². The molecule has 0 aromatic carbocycles. The molecular formula is C83H105N13. The summed E-state index contributed by atoms with van der Waals surface area (Å²) in [6.07, 6.45) is 43.2. The van der Waals surface area contributed by atoms with Crippen LogP contribution >= 0.6 is 0 Å². The summed E-state index contributed by atoms with van der Waals surface area (Å²) >= 11 is 0. The molecule has 96 heavy (non-hydrogen) atoms. The van der Waals surface area contributed by atoms with Gasteiger partial charge >= 0.3 is 0 Å². The van der Waals surface area contributed by atoms with Crippen LogP contribution in [0.1, 0.15) is 257 Å². The average molecular weight is 1280 g/mol. The van der Waals surface area contributed by atoms with Crippen LogP contribution in [0.3, 0.4) is 0 Å². The second-order valence-electron chi connectivity index (χ2n) is 30.1. The minimum Gasteiger partial charge on any atom is -0.248 e. The number of pyridine rings is 3. The average Bonchev–Trinajstić information content (AvgIpc) is 0.961. The zero-order valence-corrected chi connectivity index (χ0v) is 62.0. The first kappa shape index (κ1) is 83.9. The van der Waals surface area contributed by atoms with E-state index in [4.69, 9.17) is 32.1 Å². The fourth-order valence-corrected chi connectivity index (χ4v) is 7.36. The maximum Gasteiger partial charge on any atom is 0.204 e. The number of hydrogen-bond donors (Lipinski definition) is 0. The van der Waals surface area contributed by atoms with Gasteiger partial charge in [-0.2, -0.15) is 0 Å². The zero-order chi connectivity index (χ0) is 73.5. The summed E-state index contributed by atoms with van der Waals surface area (Å²) in [6.45, 7) is 61.8. The van der Waals surface area contributed by atoms with E-state index in [1.165, 1.54) is 11.9 Å². The lowest BCUT2D eigenvalue weighted by Gasteiger charge is -2.19. The third kappa shape index (κ3) is 31.7. The van der Waals surface area contributed by atoms with Gasteiger partial charge in [0.05, 0.1) is 22.8 Å². The van der Waals surface area contributed by atoms with Gasteiger partial charge in [-0.3, -0.25) is 0 Å². The number of nitrogens with zero attached hydrogens (tertiary/aromatic N) is 13. The molecule has 0 aliphatic rings. The lowest BCUT2D eigenvalue weighted by atomic mass is 9.86. The molecule has 8 aromatic heterocycles. The Hall–Kier alpha value is -10.1. The van der Waals surface area contributed by atoms with Crippen LogP contribution in [0, 0.1) is 61.7 Å². The molecule has 0 aliphatic carbocycles. The van der Waals surface area contributed by atoms with E-state index in [0.717, 1.165) is 56.9 Å². The summed E-state index contributed by atoms with van der Waals surface area (Å²) in [5, 5.41) is 0. The van der Waals surface area contributed by atoms with Crippen LogP contribution in [0.2, 0.25) is 0 Å². The normalized spacial score (nSPS) is 11.0. The summed E-state index contributed by atoms with van der Waals surface area (Å²) in [4.78, 5) is 53.9. The molecule has 0 saturated heterocycles. The summed E-state index contributed by atoms with van der Waals surface area (Å²) in [5.74, 6) is 14.6. The molecule has 0 aliphatic heterocycles. The van der Waals surface area contributed by atoms with Crippen LogP contribution in [0.4, 0.5) is 0 Å². The molecule has 0 bridgehead atoms. The molecule has 0 N–H and O–H groups in total. The highest BCUT2D eigenvalue weighted by Crippen LogP contribution is 2.26. The van der Waals surface area contributed by atoms with E-state index in [1.807, 2.05) is 72.8 Å². The van der Waals surface area contributed by atoms with E-state index in [2.05, 4.69) is 280 Å². The van der Waals surface area contributed by atoms with Gasteiger partial charge < -0.3 is 0 Å². The molecule has 13 nitrogen and oxygen atoms in total. The first-order valence-electron chi connectivity index (χ1n) is 31.6. The molecule has 0 fully saturated rings. The van der Waals surface area contributed by atoms with E-state index < -0.39 is 0 Å². The number of hydrogen-bond acceptors (Lipinski definition) is 13. The van der Waals surface area contributed by atoms with Gasteiger partial charge in [-0.25, -0.2) is 64.8 Å². The lowest BCUT2D eigenvalue weighted by molar-refractivity contribution is 0.544. The molecule has 0 unspecified atom stereocenters. The highest BCUT2D eigenvalue weighted by Gasteiger charge is 2.21. The van der Waals surface area contributed by atoms with E-state index in [-0.39, 0.29) is 43.3 Å². The first-order valence-corrected chi connectivity index (χ1v) is 31.6. The van der Waals surface area contributed by atoms with Crippen LogP contribution in [-0.2, 0) is 43.3 Å². The van der Waals surface area contributed by atoms with Crippen molar-refractivity contribution in [1.29, 1.82) is 0 Å². The summed E-state index contributed by atoms with van der Waals surface area (Å²) in [6, 6.07) is 23.2. The molecule has 0 amide bonds. The lowest BCUT2D eigenvalue weighted by Crippen LogP contribution is -2.15. The molecular weight excluding hydrogens is 1180 g/mol. The van der Waals surface area contributed by atoms with Gasteiger partial charge in [-0.05, 0) is 113 Å². The van der Waals surface area contributed by atoms with Crippen molar-refractivity contribution in [3.8, 4) is 61.7 Å².